The van der Waals surface area contributed by atoms with Crippen LogP contribution >= 0.6 is 0 Å². The Morgan fingerprint density at radius 1 is 0.963 bits per heavy atom. The Labute approximate surface area is 155 Å². The minimum absolute atomic E-state index is 0.0184. The summed E-state index contributed by atoms with van der Waals surface area (Å²) in [6.07, 6.45) is 1.59. The molecule has 4 aromatic rings. The summed E-state index contributed by atoms with van der Waals surface area (Å²) in [4.78, 5) is 15.9. The van der Waals surface area contributed by atoms with Gasteiger partial charge in [0.2, 0.25) is 5.82 Å². The highest BCUT2D eigenvalue weighted by atomic mass is 16.3. The Hall–Kier alpha value is -3.74. The SMILES string of the molecule is O=C(Cn1nnc(-c2ccccc2)n1)N(Cc1ccco1)c1ccccc1. The number of hydrogen-bond donors (Lipinski definition) is 0. The summed E-state index contributed by atoms with van der Waals surface area (Å²) >= 11 is 0. The van der Waals surface area contributed by atoms with Crippen molar-refractivity contribution < 1.29 is 9.21 Å². The van der Waals surface area contributed by atoms with E-state index in [1.54, 1.807) is 17.2 Å². The van der Waals surface area contributed by atoms with E-state index in [1.807, 2.05) is 66.7 Å². The maximum atomic E-state index is 12.9. The number of amides is 1. The molecule has 0 N–H and O–H groups in total. The van der Waals surface area contributed by atoms with Crippen LogP contribution in [0.4, 0.5) is 5.69 Å². The molecule has 0 radical (unpaired) electrons. The number of benzene rings is 2. The molecule has 2 heterocycles. The van der Waals surface area contributed by atoms with Crippen LogP contribution in [-0.4, -0.2) is 26.1 Å². The number of hydrogen-bond acceptors (Lipinski definition) is 5. The van der Waals surface area contributed by atoms with E-state index in [0.29, 0.717) is 18.1 Å². The molecule has 7 nitrogen and oxygen atoms in total. The van der Waals surface area contributed by atoms with Gasteiger partial charge in [-0.05, 0) is 29.5 Å². The molecule has 0 saturated carbocycles. The van der Waals surface area contributed by atoms with Crippen LogP contribution < -0.4 is 4.90 Å². The van der Waals surface area contributed by atoms with Gasteiger partial charge >= 0.3 is 0 Å². The molecule has 27 heavy (non-hydrogen) atoms. The molecule has 0 aliphatic carbocycles. The average Bonchev–Trinajstić information content (AvgIpc) is 3.39. The summed E-state index contributed by atoms with van der Waals surface area (Å²) in [5, 5.41) is 12.4. The van der Waals surface area contributed by atoms with Gasteiger partial charge < -0.3 is 9.32 Å². The van der Waals surface area contributed by atoms with Gasteiger partial charge in [0.1, 0.15) is 12.3 Å². The second kappa shape index (κ2) is 7.65. The Balaban J connectivity index is 1.54. The maximum Gasteiger partial charge on any atom is 0.251 e. The van der Waals surface area contributed by atoms with Crippen molar-refractivity contribution in [3.63, 3.8) is 0 Å². The maximum absolute atomic E-state index is 12.9. The monoisotopic (exact) mass is 359 g/mol. The molecule has 0 aliphatic rings. The van der Waals surface area contributed by atoms with Gasteiger partial charge in [0.25, 0.3) is 5.91 Å². The van der Waals surface area contributed by atoms with Crippen LogP contribution in [0.1, 0.15) is 5.76 Å². The minimum Gasteiger partial charge on any atom is -0.467 e. The van der Waals surface area contributed by atoms with Crippen LogP contribution in [0.15, 0.2) is 83.5 Å². The normalized spacial score (nSPS) is 10.7. The van der Waals surface area contributed by atoms with E-state index in [-0.39, 0.29) is 12.5 Å². The van der Waals surface area contributed by atoms with Crippen molar-refractivity contribution in [1.29, 1.82) is 0 Å². The van der Waals surface area contributed by atoms with Crippen molar-refractivity contribution in [2.45, 2.75) is 13.1 Å². The Kier molecular flexibility index (Phi) is 4.74. The molecule has 1 amide bonds. The number of para-hydroxylation sites is 1. The number of nitrogens with zero attached hydrogens (tertiary/aromatic N) is 5. The highest BCUT2D eigenvalue weighted by Gasteiger charge is 2.19. The average molecular weight is 359 g/mol. The van der Waals surface area contributed by atoms with Gasteiger partial charge in [-0.2, -0.15) is 4.80 Å². The molecule has 0 saturated heterocycles. The van der Waals surface area contributed by atoms with E-state index < -0.39 is 0 Å². The zero-order valence-electron chi connectivity index (χ0n) is 14.5. The van der Waals surface area contributed by atoms with Gasteiger partial charge in [0, 0.05) is 11.3 Å². The number of carbonyl (C=O) groups excluding carboxylic acids is 1. The van der Waals surface area contributed by atoms with Crippen molar-refractivity contribution >= 4 is 11.6 Å². The Bertz CT molecular complexity index is 997. The number of furan rings is 1. The molecule has 0 spiro atoms. The van der Waals surface area contributed by atoms with Gasteiger partial charge in [-0.15, -0.1) is 10.2 Å². The first kappa shape index (κ1) is 16.7. The summed E-state index contributed by atoms with van der Waals surface area (Å²) in [6.45, 7) is 0.311. The zero-order valence-corrected chi connectivity index (χ0v) is 14.5. The van der Waals surface area contributed by atoms with Gasteiger partial charge in [0.05, 0.1) is 12.8 Å². The van der Waals surface area contributed by atoms with Gasteiger partial charge in [-0.1, -0.05) is 48.5 Å². The third-order valence-electron chi connectivity index (χ3n) is 4.02. The molecule has 0 fully saturated rings. The third-order valence-corrected chi connectivity index (χ3v) is 4.02. The second-order valence-corrected chi connectivity index (χ2v) is 5.90. The fraction of sp³-hybridized carbons (Fsp3) is 0.100. The Morgan fingerprint density at radius 2 is 1.70 bits per heavy atom. The summed E-state index contributed by atoms with van der Waals surface area (Å²) in [5.74, 6) is 1.03. The number of anilines is 1. The highest BCUT2D eigenvalue weighted by Crippen LogP contribution is 2.18. The fourth-order valence-electron chi connectivity index (χ4n) is 2.71. The van der Waals surface area contributed by atoms with Crippen LogP contribution in [0.3, 0.4) is 0 Å². The molecule has 4 rings (SSSR count). The van der Waals surface area contributed by atoms with E-state index >= 15 is 0 Å². The van der Waals surface area contributed by atoms with Crippen LogP contribution in [0.5, 0.6) is 0 Å². The third kappa shape index (κ3) is 3.92. The van der Waals surface area contributed by atoms with E-state index in [9.17, 15) is 4.79 Å². The summed E-state index contributed by atoms with van der Waals surface area (Å²) in [5.41, 5.74) is 1.63. The largest absolute Gasteiger partial charge is 0.467 e. The number of aromatic nitrogens is 4. The molecule has 7 heteroatoms. The number of tetrazole rings is 1. The van der Waals surface area contributed by atoms with E-state index in [2.05, 4.69) is 15.4 Å². The molecule has 0 atom stereocenters. The summed E-state index contributed by atoms with van der Waals surface area (Å²) in [6, 6.07) is 22.6. The lowest BCUT2D eigenvalue weighted by atomic mass is 10.2. The van der Waals surface area contributed by atoms with Gasteiger partial charge in [-0.25, -0.2) is 0 Å². The molecular formula is C20H17N5O2. The Morgan fingerprint density at radius 3 is 2.41 bits per heavy atom. The van der Waals surface area contributed by atoms with Crippen LogP contribution in [0.25, 0.3) is 11.4 Å². The van der Waals surface area contributed by atoms with Crippen LogP contribution in [0, 0.1) is 0 Å². The first-order valence-corrected chi connectivity index (χ1v) is 8.50. The molecular weight excluding hydrogens is 342 g/mol. The van der Waals surface area contributed by atoms with Crippen molar-refractivity contribution in [1.82, 2.24) is 20.2 Å². The summed E-state index contributed by atoms with van der Waals surface area (Å²) in [7, 11) is 0. The highest BCUT2D eigenvalue weighted by molar-refractivity contribution is 5.92. The number of rotatable bonds is 6. The predicted molar refractivity (Wildman–Crippen MR) is 99.6 cm³/mol. The van der Waals surface area contributed by atoms with E-state index in [1.165, 1.54) is 4.80 Å². The van der Waals surface area contributed by atoms with Crippen molar-refractivity contribution in [3.05, 3.63) is 84.8 Å². The van der Waals surface area contributed by atoms with Crippen molar-refractivity contribution in [2.24, 2.45) is 0 Å². The van der Waals surface area contributed by atoms with E-state index in [0.717, 1.165) is 11.3 Å². The lowest BCUT2D eigenvalue weighted by molar-refractivity contribution is -0.119. The lowest BCUT2D eigenvalue weighted by Crippen LogP contribution is -2.34. The zero-order chi connectivity index (χ0) is 18.5. The second-order valence-electron chi connectivity index (χ2n) is 5.90. The minimum atomic E-state index is -0.158. The van der Waals surface area contributed by atoms with E-state index in [4.69, 9.17) is 4.42 Å². The quantitative estimate of drug-likeness (QED) is 0.528. The molecule has 2 aromatic heterocycles. The molecule has 134 valence electrons. The smallest absolute Gasteiger partial charge is 0.251 e. The van der Waals surface area contributed by atoms with Gasteiger partial charge in [0.15, 0.2) is 0 Å². The fourth-order valence-corrected chi connectivity index (χ4v) is 2.71. The molecule has 0 bridgehead atoms. The lowest BCUT2D eigenvalue weighted by Gasteiger charge is -2.21. The first-order valence-electron chi connectivity index (χ1n) is 8.50. The number of carbonyl (C=O) groups is 1. The molecule has 2 aromatic carbocycles. The summed E-state index contributed by atoms with van der Waals surface area (Å²) < 4.78 is 5.40. The molecule has 0 unspecified atom stereocenters. The van der Waals surface area contributed by atoms with Gasteiger partial charge in [-0.3, -0.25) is 4.79 Å². The standard InChI is InChI=1S/C20H17N5O2/c26-19(15-25-22-20(21-23-25)16-8-3-1-4-9-16)24(14-18-12-7-13-27-18)17-10-5-2-6-11-17/h1-13H,14-15H2. The molecule has 0 aliphatic heterocycles. The van der Waals surface area contributed by atoms with Crippen molar-refractivity contribution in [2.75, 3.05) is 4.90 Å². The van der Waals surface area contributed by atoms with Crippen LogP contribution in [-0.2, 0) is 17.9 Å². The van der Waals surface area contributed by atoms with Crippen molar-refractivity contribution in [3.8, 4) is 11.4 Å². The predicted octanol–water partition coefficient (Wildman–Crippen LogP) is 3.17. The topological polar surface area (TPSA) is 77.1 Å². The van der Waals surface area contributed by atoms with Crippen LogP contribution in [0.2, 0.25) is 0 Å². The first-order chi connectivity index (χ1) is 13.3.